The third-order valence-corrected chi connectivity index (χ3v) is 1.77. The number of carbonyl (C=O) groups excluding carboxylic acids is 1. The van der Waals surface area contributed by atoms with Gasteiger partial charge in [0.05, 0.1) is 15.9 Å². The van der Waals surface area contributed by atoms with E-state index in [-0.39, 0.29) is 29.6 Å². The molecule has 1 aromatic carbocycles. The summed E-state index contributed by atoms with van der Waals surface area (Å²) in [5, 5.41) is 20.1. The predicted octanol–water partition coefficient (Wildman–Crippen LogP) is -2.25. The summed E-state index contributed by atoms with van der Waals surface area (Å²) in [6.45, 7) is 0. The van der Waals surface area contributed by atoms with Crippen molar-refractivity contribution in [1.82, 2.24) is 0 Å². The fourth-order valence-electron chi connectivity index (χ4n) is 0.834. The predicted molar refractivity (Wildman–Crippen MR) is 42.4 cm³/mol. The van der Waals surface area contributed by atoms with E-state index in [1.807, 2.05) is 0 Å². The number of carboxylic acid groups (broad SMARTS) is 1. The molecule has 0 saturated carbocycles. The molecule has 0 spiro atoms. The fraction of sp³-hybridized carbons (Fsp3) is 0. The van der Waals surface area contributed by atoms with E-state index in [2.05, 4.69) is 0 Å². The molecule has 0 heterocycles. The summed E-state index contributed by atoms with van der Waals surface area (Å²) in [7, 11) is 0. The normalized spacial score (nSPS) is 9.20. The van der Waals surface area contributed by atoms with Crippen LogP contribution in [0.5, 0.6) is 0 Å². The Balaban J connectivity index is 0.00000196. The Hall–Kier alpha value is -0.690. The molecule has 0 aliphatic rings. The number of nitrogens with zero attached hydrogens (tertiary/aromatic N) is 1. The summed E-state index contributed by atoms with van der Waals surface area (Å²) in [5.74, 6) is -2.89. The first-order valence-corrected chi connectivity index (χ1v) is 3.66. The maximum atomic E-state index is 12.8. The van der Waals surface area contributed by atoms with E-state index in [4.69, 9.17) is 11.6 Å². The van der Waals surface area contributed by atoms with Crippen LogP contribution in [0.3, 0.4) is 0 Å². The molecule has 74 valence electrons. The van der Waals surface area contributed by atoms with Crippen molar-refractivity contribution in [3.05, 3.63) is 38.7 Å². The molecule has 15 heavy (non-hydrogen) atoms. The summed E-state index contributed by atoms with van der Waals surface area (Å²) in [6.07, 6.45) is 0. The zero-order chi connectivity index (χ0) is 10.9. The largest absolute Gasteiger partial charge is 1.00 e. The van der Waals surface area contributed by atoms with Crippen LogP contribution in [-0.2, 0) is 0 Å². The summed E-state index contributed by atoms with van der Waals surface area (Å²) in [4.78, 5) is 19.5. The summed E-state index contributed by atoms with van der Waals surface area (Å²) in [5.41, 5.74) is -1.56. The Morgan fingerprint density at radius 1 is 1.47 bits per heavy atom. The number of hydrogen-bond donors (Lipinski definition) is 0. The van der Waals surface area contributed by atoms with Gasteiger partial charge in [-0.15, -0.1) is 0 Å². The Morgan fingerprint density at radius 3 is 2.40 bits per heavy atom. The molecule has 0 unspecified atom stereocenters. The molecule has 8 heteroatoms. The zero-order valence-electron chi connectivity index (χ0n) is 7.49. The molecule has 1 aromatic rings. The van der Waals surface area contributed by atoms with Crippen LogP contribution < -0.4 is 34.7 Å². The Morgan fingerprint density at radius 2 is 2.00 bits per heavy atom. The number of halogens is 2. The summed E-state index contributed by atoms with van der Waals surface area (Å²) >= 11 is 5.32. The van der Waals surface area contributed by atoms with E-state index >= 15 is 0 Å². The van der Waals surface area contributed by atoms with Gasteiger partial charge in [-0.2, -0.15) is 4.39 Å². The Kier molecular flexibility index (Phi) is 5.16. The van der Waals surface area contributed by atoms with E-state index in [1.54, 1.807) is 0 Å². The summed E-state index contributed by atoms with van der Waals surface area (Å²) in [6, 6.07) is 1.08. The second-order valence-electron chi connectivity index (χ2n) is 2.33. The fourth-order valence-corrected chi connectivity index (χ4v) is 1.06. The van der Waals surface area contributed by atoms with Crippen molar-refractivity contribution in [2.24, 2.45) is 0 Å². The van der Waals surface area contributed by atoms with Crippen molar-refractivity contribution in [3.8, 4) is 0 Å². The number of benzene rings is 1. The SMILES string of the molecule is O=C([O-])c1cc([N+](=O)[O-])c(F)cc1Cl.[Na+]. The van der Waals surface area contributed by atoms with Gasteiger partial charge in [-0.1, -0.05) is 11.6 Å². The number of carboxylic acids is 1. The minimum atomic E-state index is -1.70. The molecule has 0 amide bonds. The molecule has 0 atom stereocenters. The van der Waals surface area contributed by atoms with E-state index in [1.165, 1.54) is 0 Å². The maximum absolute atomic E-state index is 12.8. The van der Waals surface area contributed by atoms with Crippen molar-refractivity contribution in [2.45, 2.75) is 0 Å². The van der Waals surface area contributed by atoms with Gasteiger partial charge in [0.25, 0.3) is 0 Å². The van der Waals surface area contributed by atoms with Crippen LogP contribution in [0.2, 0.25) is 5.02 Å². The molecule has 0 bridgehead atoms. The minimum absolute atomic E-state index is 0. The van der Waals surface area contributed by atoms with Crippen molar-refractivity contribution < 1.29 is 48.8 Å². The van der Waals surface area contributed by atoms with E-state index in [9.17, 15) is 24.4 Å². The maximum Gasteiger partial charge on any atom is 1.00 e. The second kappa shape index (κ2) is 5.41. The van der Waals surface area contributed by atoms with Crippen molar-refractivity contribution in [1.29, 1.82) is 0 Å². The molecule has 0 saturated heterocycles. The van der Waals surface area contributed by atoms with E-state index in [0.29, 0.717) is 12.1 Å². The van der Waals surface area contributed by atoms with Crippen LogP contribution in [0.15, 0.2) is 12.1 Å². The third-order valence-electron chi connectivity index (χ3n) is 1.45. The molecule has 0 aliphatic heterocycles. The molecule has 0 fully saturated rings. The summed E-state index contributed by atoms with van der Waals surface area (Å²) < 4.78 is 12.8. The smallest absolute Gasteiger partial charge is 0.545 e. The molecule has 5 nitrogen and oxygen atoms in total. The number of nitro benzene ring substituents is 1. The molecule has 1 rings (SSSR count). The zero-order valence-corrected chi connectivity index (χ0v) is 10.2. The number of nitro groups is 1. The minimum Gasteiger partial charge on any atom is -0.545 e. The van der Waals surface area contributed by atoms with Crippen molar-refractivity contribution in [3.63, 3.8) is 0 Å². The number of hydrogen-bond acceptors (Lipinski definition) is 4. The van der Waals surface area contributed by atoms with Gasteiger partial charge in [0.2, 0.25) is 5.82 Å². The van der Waals surface area contributed by atoms with Crippen LogP contribution in [0, 0.1) is 15.9 Å². The molecular formula is C7H2ClFNNaO4. The molecule has 0 aromatic heterocycles. The first-order valence-electron chi connectivity index (χ1n) is 3.28. The van der Waals surface area contributed by atoms with E-state index in [0.717, 1.165) is 0 Å². The Labute approximate surface area is 110 Å². The molecule has 0 aliphatic carbocycles. The van der Waals surface area contributed by atoms with Gasteiger partial charge in [-0.25, -0.2) is 0 Å². The van der Waals surface area contributed by atoms with Crippen LogP contribution in [0.25, 0.3) is 0 Å². The molecular weight excluding hydrogens is 240 g/mol. The van der Waals surface area contributed by atoms with Crippen molar-refractivity contribution >= 4 is 23.3 Å². The van der Waals surface area contributed by atoms with Crippen LogP contribution in [0.4, 0.5) is 10.1 Å². The average molecular weight is 242 g/mol. The van der Waals surface area contributed by atoms with Crippen LogP contribution >= 0.6 is 11.6 Å². The number of rotatable bonds is 2. The first kappa shape index (κ1) is 14.3. The third kappa shape index (κ3) is 3.13. The van der Waals surface area contributed by atoms with Gasteiger partial charge in [0, 0.05) is 17.7 Å². The average Bonchev–Trinajstić information content (AvgIpc) is 2.02. The van der Waals surface area contributed by atoms with E-state index < -0.39 is 33.0 Å². The van der Waals surface area contributed by atoms with Gasteiger partial charge < -0.3 is 9.90 Å². The van der Waals surface area contributed by atoms with Gasteiger partial charge in [-0.05, 0) is 0 Å². The van der Waals surface area contributed by atoms with Gasteiger partial charge >= 0.3 is 35.2 Å². The quantitative estimate of drug-likeness (QED) is 0.333. The second-order valence-corrected chi connectivity index (χ2v) is 2.74. The standard InChI is InChI=1S/C7H3ClFNO4.Na/c8-4-2-5(9)6(10(13)14)1-3(4)7(11)12;/h1-2H,(H,11,12);/q;+1/p-1. The number of aromatic carboxylic acids is 1. The Bertz CT molecular complexity index is 390. The number of carbonyl (C=O) groups is 1. The van der Waals surface area contributed by atoms with Crippen molar-refractivity contribution in [2.75, 3.05) is 0 Å². The van der Waals surface area contributed by atoms with Gasteiger partial charge in [0.15, 0.2) is 0 Å². The van der Waals surface area contributed by atoms with Gasteiger partial charge in [-0.3, -0.25) is 10.1 Å². The van der Waals surface area contributed by atoms with Crippen LogP contribution in [-0.4, -0.2) is 10.9 Å². The van der Waals surface area contributed by atoms with Gasteiger partial charge in [0.1, 0.15) is 0 Å². The van der Waals surface area contributed by atoms with Crippen LogP contribution in [0.1, 0.15) is 10.4 Å². The first-order chi connectivity index (χ1) is 6.43. The monoisotopic (exact) mass is 241 g/mol. The molecule has 0 N–H and O–H groups in total. The molecule has 0 radical (unpaired) electrons. The topological polar surface area (TPSA) is 83.3 Å².